The summed E-state index contributed by atoms with van der Waals surface area (Å²) in [6.45, 7) is 4.46. The molecule has 1 atom stereocenters. The van der Waals surface area contributed by atoms with E-state index in [0.717, 1.165) is 13.1 Å². The maximum atomic E-state index is 3.45. The fraction of sp³-hybridized carbons (Fsp3) is 1.00. The Bertz CT molecular complexity index is 86.2. The maximum Gasteiger partial charge on any atom is 0.0166 e. The first-order valence-corrected chi connectivity index (χ1v) is 5.43. The largest absolute Gasteiger partial charge is 0.312 e. The summed E-state index contributed by atoms with van der Waals surface area (Å²) in [6, 6.07) is 0.608. The van der Waals surface area contributed by atoms with Gasteiger partial charge >= 0.3 is 0 Å². The van der Waals surface area contributed by atoms with E-state index in [1.807, 2.05) is 11.8 Å². The first kappa shape index (κ1) is 11.3. The minimum atomic E-state index is 0.608. The van der Waals surface area contributed by atoms with Crippen molar-refractivity contribution in [2.24, 2.45) is 0 Å². The average molecular weight is 176 g/mol. The molecule has 68 valence electrons. The molecule has 0 heterocycles. The first-order chi connectivity index (χ1) is 5.16. The fourth-order valence-electron chi connectivity index (χ4n) is 1.02. The molecule has 0 fully saturated rings. The van der Waals surface area contributed by atoms with Crippen LogP contribution in [0.4, 0.5) is 0 Å². The molecule has 1 unspecified atom stereocenters. The molecule has 3 heteroatoms. The Morgan fingerprint density at radius 3 is 2.55 bits per heavy atom. The molecule has 0 aromatic heterocycles. The summed E-state index contributed by atoms with van der Waals surface area (Å²) < 4.78 is 0. The Morgan fingerprint density at radius 2 is 2.09 bits per heavy atom. The molecule has 0 spiro atoms. The van der Waals surface area contributed by atoms with E-state index in [0.29, 0.717) is 6.04 Å². The van der Waals surface area contributed by atoms with E-state index in [4.69, 9.17) is 0 Å². The quantitative estimate of drug-likeness (QED) is 0.605. The molecule has 0 radical (unpaired) electrons. The molecule has 0 aromatic rings. The zero-order valence-electron chi connectivity index (χ0n) is 8.05. The maximum absolute atomic E-state index is 3.45. The van der Waals surface area contributed by atoms with E-state index < -0.39 is 0 Å². The van der Waals surface area contributed by atoms with Gasteiger partial charge in [0.05, 0.1) is 0 Å². The summed E-state index contributed by atoms with van der Waals surface area (Å²) in [6.07, 6.45) is 2.14. The minimum absolute atomic E-state index is 0.608. The van der Waals surface area contributed by atoms with Crippen LogP contribution < -0.4 is 5.32 Å². The standard InChI is InChI=1S/C8H20N2S/c1-8(7-10(2)3)9-5-6-11-4/h8-9H,5-7H2,1-4H3. The van der Waals surface area contributed by atoms with E-state index in [1.165, 1.54) is 5.75 Å². The summed E-state index contributed by atoms with van der Waals surface area (Å²) in [5, 5.41) is 3.45. The molecule has 11 heavy (non-hydrogen) atoms. The molecule has 0 aliphatic heterocycles. The van der Waals surface area contributed by atoms with Crippen LogP contribution >= 0.6 is 11.8 Å². The number of thioether (sulfide) groups is 1. The van der Waals surface area contributed by atoms with Crippen LogP contribution in [0.25, 0.3) is 0 Å². The first-order valence-electron chi connectivity index (χ1n) is 4.04. The monoisotopic (exact) mass is 176 g/mol. The van der Waals surface area contributed by atoms with Crippen molar-refractivity contribution >= 4 is 11.8 Å². The van der Waals surface area contributed by atoms with E-state index in [-0.39, 0.29) is 0 Å². The smallest absolute Gasteiger partial charge is 0.0166 e. The Labute approximate surface area is 74.7 Å². The van der Waals surface area contributed by atoms with Crippen LogP contribution in [0.1, 0.15) is 6.92 Å². The van der Waals surface area contributed by atoms with Gasteiger partial charge in [-0.05, 0) is 27.3 Å². The minimum Gasteiger partial charge on any atom is -0.312 e. The van der Waals surface area contributed by atoms with Gasteiger partial charge in [0.1, 0.15) is 0 Å². The molecule has 0 saturated carbocycles. The normalized spacial score (nSPS) is 13.9. The van der Waals surface area contributed by atoms with Crippen LogP contribution in [0.5, 0.6) is 0 Å². The van der Waals surface area contributed by atoms with Crippen molar-refractivity contribution in [1.29, 1.82) is 0 Å². The van der Waals surface area contributed by atoms with Crippen LogP contribution in [-0.4, -0.2) is 50.1 Å². The van der Waals surface area contributed by atoms with Gasteiger partial charge in [0.2, 0.25) is 0 Å². The predicted octanol–water partition coefficient (Wildman–Crippen LogP) is 0.889. The highest BCUT2D eigenvalue weighted by Gasteiger charge is 2.00. The molecular formula is C8H20N2S. The third kappa shape index (κ3) is 8.17. The molecule has 0 bridgehead atoms. The Balaban J connectivity index is 3.15. The lowest BCUT2D eigenvalue weighted by Crippen LogP contribution is -2.36. The highest BCUT2D eigenvalue weighted by Crippen LogP contribution is 1.89. The van der Waals surface area contributed by atoms with Crippen LogP contribution in [0.3, 0.4) is 0 Å². The van der Waals surface area contributed by atoms with Crippen LogP contribution in [0.2, 0.25) is 0 Å². The second kappa shape index (κ2) is 6.95. The third-order valence-corrected chi connectivity index (χ3v) is 2.05. The highest BCUT2D eigenvalue weighted by molar-refractivity contribution is 7.98. The average Bonchev–Trinajstić information content (AvgIpc) is 1.86. The molecule has 0 amide bonds. The molecule has 0 aromatic carbocycles. The van der Waals surface area contributed by atoms with E-state index in [2.05, 4.69) is 37.5 Å². The summed E-state index contributed by atoms with van der Waals surface area (Å²) in [7, 11) is 4.21. The second-order valence-corrected chi connectivity index (χ2v) is 4.10. The van der Waals surface area contributed by atoms with Crippen molar-refractivity contribution in [3.8, 4) is 0 Å². The molecule has 2 nitrogen and oxygen atoms in total. The Hall–Kier alpha value is 0.270. The van der Waals surface area contributed by atoms with Crippen LogP contribution in [0, 0.1) is 0 Å². The van der Waals surface area contributed by atoms with E-state index in [1.54, 1.807) is 0 Å². The van der Waals surface area contributed by atoms with E-state index in [9.17, 15) is 0 Å². The van der Waals surface area contributed by atoms with Gasteiger partial charge in [-0.25, -0.2) is 0 Å². The number of likely N-dealkylation sites (N-methyl/N-ethyl adjacent to an activating group) is 1. The topological polar surface area (TPSA) is 15.3 Å². The Morgan fingerprint density at radius 1 is 1.45 bits per heavy atom. The van der Waals surface area contributed by atoms with E-state index >= 15 is 0 Å². The molecular weight excluding hydrogens is 156 g/mol. The van der Waals surface area contributed by atoms with Gasteiger partial charge in [-0.1, -0.05) is 0 Å². The molecule has 0 aliphatic rings. The second-order valence-electron chi connectivity index (χ2n) is 3.11. The zero-order valence-corrected chi connectivity index (χ0v) is 8.87. The van der Waals surface area contributed by atoms with Gasteiger partial charge in [-0.15, -0.1) is 0 Å². The van der Waals surface area contributed by atoms with Crippen LogP contribution in [-0.2, 0) is 0 Å². The van der Waals surface area contributed by atoms with Crippen molar-refractivity contribution < 1.29 is 0 Å². The van der Waals surface area contributed by atoms with Gasteiger partial charge in [0, 0.05) is 24.9 Å². The summed E-state index contributed by atoms with van der Waals surface area (Å²) in [4.78, 5) is 2.21. The number of hydrogen-bond donors (Lipinski definition) is 1. The lowest BCUT2D eigenvalue weighted by Gasteiger charge is -2.17. The van der Waals surface area contributed by atoms with Crippen LogP contribution in [0.15, 0.2) is 0 Å². The van der Waals surface area contributed by atoms with Crippen molar-refractivity contribution in [3.63, 3.8) is 0 Å². The van der Waals surface area contributed by atoms with Gasteiger partial charge < -0.3 is 10.2 Å². The molecule has 0 aliphatic carbocycles. The van der Waals surface area contributed by atoms with Crippen molar-refractivity contribution in [1.82, 2.24) is 10.2 Å². The zero-order chi connectivity index (χ0) is 8.69. The van der Waals surface area contributed by atoms with Crippen molar-refractivity contribution in [2.75, 3.05) is 39.2 Å². The highest BCUT2D eigenvalue weighted by atomic mass is 32.2. The summed E-state index contributed by atoms with van der Waals surface area (Å²) in [5.41, 5.74) is 0. The van der Waals surface area contributed by atoms with Crippen molar-refractivity contribution in [2.45, 2.75) is 13.0 Å². The van der Waals surface area contributed by atoms with Crippen molar-refractivity contribution in [3.05, 3.63) is 0 Å². The third-order valence-electron chi connectivity index (χ3n) is 1.44. The molecule has 0 rings (SSSR count). The van der Waals surface area contributed by atoms with Gasteiger partial charge in [0.15, 0.2) is 0 Å². The summed E-state index contributed by atoms with van der Waals surface area (Å²) in [5.74, 6) is 1.21. The number of rotatable bonds is 6. The predicted molar refractivity (Wildman–Crippen MR) is 54.4 cm³/mol. The number of hydrogen-bond acceptors (Lipinski definition) is 3. The molecule has 1 N–H and O–H groups in total. The number of nitrogens with one attached hydrogen (secondary N) is 1. The lowest BCUT2D eigenvalue weighted by atomic mass is 10.3. The SMILES string of the molecule is CSCCNC(C)CN(C)C. The fourth-order valence-corrected chi connectivity index (χ4v) is 1.34. The summed E-state index contributed by atoms with van der Waals surface area (Å²) >= 11 is 1.89. The molecule has 0 saturated heterocycles. The lowest BCUT2D eigenvalue weighted by molar-refractivity contribution is 0.354. The van der Waals surface area contributed by atoms with Gasteiger partial charge in [-0.2, -0.15) is 11.8 Å². The Kier molecular flexibility index (Phi) is 7.12. The van der Waals surface area contributed by atoms with Gasteiger partial charge in [-0.3, -0.25) is 0 Å². The van der Waals surface area contributed by atoms with Gasteiger partial charge in [0.25, 0.3) is 0 Å². The number of nitrogens with zero attached hydrogens (tertiary/aromatic N) is 1.